The lowest BCUT2D eigenvalue weighted by Crippen LogP contribution is -2.46. The summed E-state index contributed by atoms with van der Waals surface area (Å²) < 4.78 is 5.82. The van der Waals surface area contributed by atoms with Crippen molar-refractivity contribution in [2.75, 3.05) is 12.4 Å². The lowest BCUT2D eigenvalue weighted by atomic mass is 9.63. The summed E-state index contributed by atoms with van der Waals surface area (Å²) in [6.07, 6.45) is 7.67. The lowest BCUT2D eigenvalue weighted by Gasteiger charge is -2.48. The van der Waals surface area contributed by atoms with Gasteiger partial charge in [-0.15, -0.1) is 11.3 Å². The van der Waals surface area contributed by atoms with Gasteiger partial charge in [0.15, 0.2) is 5.13 Å². The van der Waals surface area contributed by atoms with E-state index < -0.39 is 11.6 Å². The molecule has 0 aliphatic heterocycles. The summed E-state index contributed by atoms with van der Waals surface area (Å²) in [6.45, 7) is 1.86. The van der Waals surface area contributed by atoms with Crippen molar-refractivity contribution in [2.45, 2.75) is 31.8 Å². The number of carbonyl (C=O) groups is 2. The summed E-state index contributed by atoms with van der Waals surface area (Å²) >= 11 is 1.21. The van der Waals surface area contributed by atoms with Gasteiger partial charge in [0, 0.05) is 18.4 Å². The Labute approximate surface area is 144 Å². The van der Waals surface area contributed by atoms with E-state index >= 15 is 0 Å². The highest BCUT2D eigenvalue weighted by Gasteiger charge is 2.46. The van der Waals surface area contributed by atoms with Crippen LogP contribution in [0.1, 0.15) is 31.9 Å². The number of thiazole rings is 1. The first-order valence-electron chi connectivity index (χ1n) is 7.85. The molecule has 6 nitrogen and oxygen atoms in total. The first-order chi connectivity index (χ1) is 11.5. The van der Waals surface area contributed by atoms with Crippen LogP contribution in [0.25, 0.3) is 5.57 Å². The van der Waals surface area contributed by atoms with Crippen LogP contribution in [0.5, 0.6) is 0 Å². The van der Waals surface area contributed by atoms with Gasteiger partial charge in [-0.2, -0.15) is 0 Å². The number of ether oxygens (including phenoxy) is 1. The molecule has 3 atom stereocenters. The molecule has 24 heavy (non-hydrogen) atoms. The third-order valence-electron chi connectivity index (χ3n) is 5.14. The van der Waals surface area contributed by atoms with Crippen molar-refractivity contribution in [3.63, 3.8) is 0 Å². The standard InChI is InChI=1S/C17H20N2O4S/c1-10(12-7-11-3-5-17(12,23-2)6-4-11)14(15(21)22)13-8-24-16(19-13)18-9-20/h3,5,8-9,11-12H,4,6-7H2,1-2H3,(H,21,22)(H,18,19,20). The zero-order valence-corrected chi connectivity index (χ0v) is 14.4. The summed E-state index contributed by atoms with van der Waals surface area (Å²) in [5, 5.41) is 14.3. The molecule has 1 aromatic heterocycles. The molecular formula is C17H20N2O4S. The van der Waals surface area contributed by atoms with E-state index in [1.807, 2.05) is 6.92 Å². The largest absolute Gasteiger partial charge is 0.478 e. The number of nitrogens with one attached hydrogen (secondary N) is 1. The molecule has 2 bridgehead atoms. The molecule has 1 heterocycles. The van der Waals surface area contributed by atoms with Gasteiger partial charge in [0.2, 0.25) is 6.41 Å². The second-order valence-electron chi connectivity index (χ2n) is 6.27. The maximum absolute atomic E-state index is 11.9. The van der Waals surface area contributed by atoms with Gasteiger partial charge in [0.1, 0.15) is 0 Å². The van der Waals surface area contributed by atoms with Gasteiger partial charge in [-0.3, -0.25) is 4.79 Å². The average Bonchev–Trinajstić information content (AvgIpc) is 3.04. The van der Waals surface area contributed by atoms with Crippen molar-refractivity contribution < 1.29 is 19.4 Å². The topological polar surface area (TPSA) is 88.5 Å². The van der Waals surface area contributed by atoms with E-state index in [4.69, 9.17) is 4.74 Å². The summed E-state index contributed by atoms with van der Waals surface area (Å²) in [5.74, 6) is -0.520. The van der Waals surface area contributed by atoms with Gasteiger partial charge >= 0.3 is 5.97 Å². The number of carboxylic acid groups (broad SMARTS) is 1. The number of hydrogen-bond donors (Lipinski definition) is 2. The number of rotatable bonds is 6. The minimum Gasteiger partial charge on any atom is -0.478 e. The highest BCUT2D eigenvalue weighted by atomic mass is 32.1. The van der Waals surface area contributed by atoms with Crippen molar-refractivity contribution in [1.29, 1.82) is 0 Å². The van der Waals surface area contributed by atoms with Crippen molar-refractivity contribution in [3.8, 4) is 0 Å². The number of fused-ring (bicyclic) bond motifs is 2. The predicted octanol–water partition coefficient (Wildman–Crippen LogP) is 2.94. The Balaban J connectivity index is 2.03. The van der Waals surface area contributed by atoms with Crippen LogP contribution in [0.2, 0.25) is 0 Å². The second kappa shape index (κ2) is 6.49. The van der Waals surface area contributed by atoms with Crippen LogP contribution in [0, 0.1) is 11.8 Å². The van der Waals surface area contributed by atoms with Crippen LogP contribution in [-0.2, 0) is 14.3 Å². The van der Waals surface area contributed by atoms with Gasteiger partial charge in [0.25, 0.3) is 0 Å². The minimum absolute atomic E-state index is 0.0153. The fraction of sp³-hybridized carbons (Fsp3) is 0.471. The monoisotopic (exact) mass is 348 g/mol. The van der Waals surface area contributed by atoms with Gasteiger partial charge < -0.3 is 15.2 Å². The van der Waals surface area contributed by atoms with E-state index in [0.29, 0.717) is 23.2 Å². The van der Waals surface area contributed by atoms with Crippen molar-refractivity contribution in [2.24, 2.45) is 11.8 Å². The SMILES string of the molecule is COC12C=CC(CC1)CC2C(C)=C(C(=O)O)c1csc(NC=O)n1. The number of anilines is 1. The fourth-order valence-electron chi connectivity index (χ4n) is 3.89. The molecule has 128 valence electrons. The molecule has 4 rings (SSSR count). The third kappa shape index (κ3) is 2.78. The zero-order chi connectivity index (χ0) is 17.3. The quantitative estimate of drug-likeness (QED) is 0.469. The van der Waals surface area contributed by atoms with Crippen LogP contribution in [0.4, 0.5) is 5.13 Å². The molecule has 1 fully saturated rings. The summed E-state index contributed by atoms with van der Waals surface area (Å²) in [5.41, 5.74) is 0.930. The molecule has 7 heteroatoms. The summed E-state index contributed by atoms with van der Waals surface area (Å²) in [7, 11) is 1.69. The van der Waals surface area contributed by atoms with Gasteiger partial charge in [-0.05, 0) is 32.1 Å². The van der Waals surface area contributed by atoms with Crippen LogP contribution in [-0.4, -0.2) is 35.2 Å². The molecule has 1 saturated carbocycles. The van der Waals surface area contributed by atoms with E-state index in [2.05, 4.69) is 22.5 Å². The Morgan fingerprint density at radius 1 is 1.58 bits per heavy atom. The highest BCUT2D eigenvalue weighted by molar-refractivity contribution is 7.14. The molecule has 0 saturated heterocycles. The Morgan fingerprint density at radius 3 is 2.96 bits per heavy atom. The molecular weight excluding hydrogens is 328 g/mol. The van der Waals surface area contributed by atoms with Crippen LogP contribution in [0.3, 0.4) is 0 Å². The number of aliphatic carboxylic acids is 1. The molecule has 0 spiro atoms. The molecule has 0 radical (unpaired) electrons. The molecule has 3 aliphatic carbocycles. The maximum atomic E-state index is 11.9. The first-order valence-corrected chi connectivity index (χ1v) is 8.73. The van der Waals surface area contributed by atoms with Crippen LogP contribution >= 0.6 is 11.3 Å². The number of methoxy groups -OCH3 is 1. The summed E-state index contributed by atoms with van der Waals surface area (Å²) in [6, 6.07) is 0. The number of aromatic nitrogens is 1. The van der Waals surface area contributed by atoms with E-state index in [1.165, 1.54) is 11.3 Å². The highest BCUT2D eigenvalue weighted by Crippen LogP contribution is 2.49. The average molecular weight is 348 g/mol. The number of carboxylic acids is 1. The molecule has 1 amide bonds. The normalized spacial score (nSPS) is 29.2. The lowest BCUT2D eigenvalue weighted by molar-refractivity contribution is -0.130. The van der Waals surface area contributed by atoms with Gasteiger partial charge in [0.05, 0.1) is 16.9 Å². The first kappa shape index (κ1) is 16.9. The van der Waals surface area contributed by atoms with E-state index in [1.54, 1.807) is 12.5 Å². The zero-order valence-electron chi connectivity index (χ0n) is 13.6. The van der Waals surface area contributed by atoms with Gasteiger partial charge in [-0.25, -0.2) is 9.78 Å². The molecule has 1 aromatic rings. The fourth-order valence-corrected chi connectivity index (χ4v) is 4.55. The Kier molecular flexibility index (Phi) is 4.56. The smallest absolute Gasteiger partial charge is 0.337 e. The van der Waals surface area contributed by atoms with E-state index in [0.717, 1.165) is 24.8 Å². The number of allylic oxidation sites excluding steroid dienone is 1. The number of amides is 1. The van der Waals surface area contributed by atoms with Crippen LogP contribution < -0.4 is 5.32 Å². The number of carbonyl (C=O) groups excluding carboxylic acids is 1. The van der Waals surface area contributed by atoms with E-state index in [9.17, 15) is 14.7 Å². The van der Waals surface area contributed by atoms with E-state index in [-0.39, 0.29) is 11.5 Å². The molecule has 3 unspecified atom stereocenters. The minimum atomic E-state index is -1.01. The Hall–Kier alpha value is -1.99. The van der Waals surface area contributed by atoms with Gasteiger partial charge in [-0.1, -0.05) is 17.7 Å². The Bertz CT molecular complexity index is 724. The molecule has 0 aromatic carbocycles. The number of hydrogen-bond acceptors (Lipinski definition) is 5. The number of nitrogens with zero attached hydrogens (tertiary/aromatic N) is 1. The maximum Gasteiger partial charge on any atom is 0.337 e. The van der Waals surface area contributed by atoms with Crippen LogP contribution in [0.15, 0.2) is 23.1 Å². The predicted molar refractivity (Wildman–Crippen MR) is 91.7 cm³/mol. The second-order valence-corrected chi connectivity index (χ2v) is 7.13. The van der Waals surface area contributed by atoms with Crippen molar-refractivity contribution in [1.82, 2.24) is 4.98 Å². The molecule has 3 aliphatic rings. The summed E-state index contributed by atoms with van der Waals surface area (Å²) in [4.78, 5) is 26.7. The molecule has 2 N–H and O–H groups in total. The Morgan fingerprint density at radius 2 is 2.38 bits per heavy atom. The van der Waals surface area contributed by atoms with Crippen molar-refractivity contribution >= 4 is 34.4 Å². The third-order valence-corrected chi connectivity index (χ3v) is 5.91. The van der Waals surface area contributed by atoms with Crippen molar-refractivity contribution in [3.05, 3.63) is 28.8 Å².